The molecule has 1 atom stereocenters. The number of hydrazone groups is 1. The van der Waals surface area contributed by atoms with Crippen molar-refractivity contribution < 1.29 is 18.9 Å². The van der Waals surface area contributed by atoms with Crippen LogP contribution in [0.2, 0.25) is 0 Å². The molecule has 0 saturated heterocycles. The van der Waals surface area contributed by atoms with Crippen LogP contribution in [0.25, 0.3) is 6.08 Å². The fraction of sp³-hybridized carbons (Fsp3) is 0.258. The highest BCUT2D eigenvalue weighted by Gasteiger charge is 2.26. The molecule has 0 amide bonds. The Balaban J connectivity index is 0.000000265. The van der Waals surface area contributed by atoms with Gasteiger partial charge in [0.15, 0.2) is 23.0 Å². The minimum absolute atomic E-state index is 0.149. The lowest BCUT2D eigenvalue weighted by Gasteiger charge is -2.20. The maximum absolute atomic E-state index is 5.54. The van der Waals surface area contributed by atoms with Crippen LogP contribution in [-0.4, -0.2) is 46.1 Å². The Kier molecular flexibility index (Phi) is 8.99. The first-order valence-electron chi connectivity index (χ1n) is 12.7. The fourth-order valence-corrected chi connectivity index (χ4v) is 4.63. The van der Waals surface area contributed by atoms with E-state index in [2.05, 4.69) is 33.7 Å². The van der Waals surface area contributed by atoms with Gasteiger partial charge >= 0.3 is 0 Å². The van der Waals surface area contributed by atoms with Gasteiger partial charge in [0.05, 0.1) is 34.7 Å². The highest BCUT2D eigenvalue weighted by molar-refractivity contribution is 6.16. The lowest BCUT2D eigenvalue weighted by atomic mass is 9.85. The standard InChI is InChI=1S/C22H26N2O4.C9H8N2/c1-7-15-13(2)23-24-22(14-8-9-18(25-3)19(10-14)26-4)17-12-21(28-6)20(27-5)11-16(15)17;1-2-4-9-7-11-10-6-5-8(9)3-1/h8-12,15H,7H2,1-6H3;1-7,10H. The molecule has 8 heteroatoms. The van der Waals surface area contributed by atoms with Gasteiger partial charge in [0.25, 0.3) is 0 Å². The van der Waals surface area contributed by atoms with Gasteiger partial charge in [-0.1, -0.05) is 31.2 Å². The number of nitrogens with one attached hydrogen (secondary N) is 1. The number of nitrogens with zero attached hydrogens (tertiary/aromatic N) is 3. The molecule has 0 radical (unpaired) electrons. The summed E-state index contributed by atoms with van der Waals surface area (Å²) in [6.07, 6.45) is 6.55. The largest absolute Gasteiger partial charge is 0.493 e. The Morgan fingerprint density at radius 3 is 2.13 bits per heavy atom. The van der Waals surface area contributed by atoms with E-state index >= 15 is 0 Å². The Labute approximate surface area is 229 Å². The predicted molar refractivity (Wildman–Crippen MR) is 157 cm³/mol. The Morgan fingerprint density at radius 2 is 1.44 bits per heavy atom. The van der Waals surface area contributed by atoms with Crippen LogP contribution in [0.15, 0.2) is 76.1 Å². The van der Waals surface area contributed by atoms with E-state index in [1.165, 1.54) is 5.56 Å². The Hall–Kier alpha value is -4.59. The molecule has 1 N–H and O–H groups in total. The third-order valence-electron chi connectivity index (χ3n) is 6.68. The minimum atomic E-state index is 0.149. The van der Waals surface area contributed by atoms with Gasteiger partial charge in [0, 0.05) is 34.5 Å². The summed E-state index contributed by atoms with van der Waals surface area (Å²) in [6, 6.07) is 17.9. The third-order valence-corrected chi connectivity index (χ3v) is 6.68. The normalized spacial score (nSPS) is 15.1. The molecule has 1 unspecified atom stereocenters. The summed E-state index contributed by atoms with van der Waals surface area (Å²) >= 11 is 0. The summed E-state index contributed by atoms with van der Waals surface area (Å²) in [5.74, 6) is 2.81. The van der Waals surface area contributed by atoms with Crippen LogP contribution in [0.5, 0.6) is 23.0 Å². The second kappa shape index (κ2) is 12.8. The predicted octanol–water partition coefficient (Wildman–Crippen LogP) is 6.04. The van der Waals surface area contributed by atoms with E-state index in [4.69, 9.17) is 18.9 Å². The van der Waals surface area contributed by atoms with Crippen LogP contribution in [0.3, 0.4) is 0 Å². The summed E-state index contributed by atoms with van der Waals surface area (Å²) in [7, 11) is 6.51. The molecular weight excluding hydrogens is 492 g/mol. The van der Waals surface area contributed by atoms with Gasteiger partial charge < -0.3 is 18.9 Å². The van der Waals surface area contributed by atoms with Crippen molar-refractivity contribution in [3.05, 3.63) is 88.6 Å². The molecule has 39 heavy (non-hydrogen) atoms. The van der Waals surface area contributed by atoms with E-state index in [1.807, 2.05) is 73.9 Å². The summed E-state index contributed by atoms with van der Waals surface area (Å²) in [4.78, 5) is 0. The SMILES string of the molecule is C1=Cc2ccccc2C=NN1.CCC1C(C)=NN=C(c2ccc(OC)c(OC)c2)c2cc(OC)c(OC)cc21. The molecule has 2 heterocycles. The minimum Gasteiger partial charge on any atom is -0.493 e. The monoisotopic (exact) mass is 526 g/mol. The maximum atomic E-state index is 5.54. The van der Waals surface area contributed by atoms with Crippen LogP contribution >= 0.6 is 0 Å². The lowest BCUT2D eigenvalue weighted by Crippen LogP contribution is -2.13. The molecule has 3 aromatic carbocycles. The van der Waals surface area contributed by atoms with Crippen LogP contribution in [0, 0.1) is 0 Å². The number of fused-ring (bicyclic) bond motifs is 2. The molecule has 0 spiro atoms. The van der Waals surface area contributed by atoms with E-state index in [0.29, 0.717) is 23.0 Å². The number of hydrogen-bond donors (Lipinski definition) is 1. The summed E-state index contributed by atoms with van der Waals surface area (Å²) in [6.45, 7) is 4.15. The third kappa shape index (κ3) is 5.95. The van der Waals surface area contributed by atoms with E-state index in [9.17, 15) is 0 Å². The van der Waals surface area contributed by atoms with Crippen molar-refractivity contribution in [2.24, 2.45) is 15.3 Å². The van der Waals surface area contributed by atoms with E-state index in [-0.39, 0.29) is 5.92 Å². The molecule has 0 bridgehead atoms. The first kappa shape index (κ1) is 27.4. The first-order valence-corrected chi connectivity index (χ1v) is 12.7. The highest BCUT2D eigenvalue weighted by atomic mass is 16.5. The van der Waals surface area contributed by atoms with Gasteiger partial charge in [-0.25, -0.2) is 0 Å². The van der Waals surface area contributed by atoms with Crippen molar-refractivity contribution in [3.8, 4) is 23.0 Å². The molecule has 2 aliphatic heterocycles. The fourth-order valence-electron chi connectivity index (χ4n) is 4.63. The quantitative estimate of drug-likeness (QED) is 0.424. The van der Waals surface area contributed by atoms with Gasteiger partial charge in [-0.3, -0.25) is 5.43 Å². The zero-order valence-corrected chi connectivity index (χ0v) is 23.2. The van der Waals surface area contributed by atoms with Crippen LogP contribution in [-0.2, 0) is 0 Å². The van der Waals surface area contributed by atoms with Gasteiger partial charge in [-0.2, -0.15) is 10.2 Å². The second-order valence-corrected chi connectivity index (χ2v) is 8.86. The van der Waals surface area contributed by atoms with Gasteiger partial charge in [-0.05, 0) is 60.9 Å². The first-order chi connectivity index (χ1) is 19.0. The average Bonchev–Trinajstić information content (AvgIpc) is 3.30. The molecule has 3 aromatic rings. The second-order valence-electron chi connectivity index (χ2n) is 8.86. The van der Waals surface area contributed by atoms with Crippen molar-refractivity contribution >= 4 is 23.7 Å². The summed E-state index contributed by atoms with van der Waals surface area (Å²) in [5, 5.41) is 13.0. The van der Waals surface area contributed by atoms with E-state index in [0.717, 1.165) is 40.1 Å². The zero-order chi connectivity index (χ0) is 27.8. The Morgan fingerprint density at radius 1 is 0.769 bits per heavy atom. The zero-order valence-electron chi connectivity index (χ0n) is 23.2. The number of ether oxygens (including phenoxy) is 4. The molecular formula is C31H34N4O4. The molecule has 202 valence electrons. The molecule has 8 nitrogen and oxygen atoms in total. The van der Waals surface area contributed by atoms with Gasteiger partial charge in [0.1, 0.15) is 5.71 Å². The van der Waals surface area contributed by atoms with Crippen molar-refractivity contribution in [2.75, 3.05) is 28.4 Å². The van der Waals surface area contributed by atoms with Crippen LogP contribution in [0.4, 0.5) is 0 Å². The van der Waals surface area contributed by atoms with Crippen molar-refractivity contribution in [1.82, 2.24) is 5.43 Å². The molecule has 0 aliphatic carbocycles. The Bertz CT molecular complexity index is 1410. The number of methoxy groups -OCH3 is 4. The topological polar surface area (TPSA) is 86.0 Å². The molecule has 2 aliphatic rings. The molecule has 0 saturated carbocycles. The van der Waals surface area contributed by atoms with Crippen molar-refractivity contribution in [3.63, 3.8) is 0 Å². The number of rotatable bonds is 6. The number of hydrogen-bond acceptors (Lipinski definition) is 8. The summed E-state index contributed by atoms with van der Waals surface area (Å²) < 4.78 is 21.9. The van der Waals surface area contributed by atoms with Crippen molar-refractivity contribution in [2.45, 2.75) is 26.2 Å². The smallest absolute Gasteiger partial charge is 0.161 e. The maximum Gasteiger partial charge on any atom is 0.161 e. The highest BCUT2D eigenvalue weighted by Crippen LogP contribution is 2.39. The van der Waals surface area contributed by atoms with E-state index < -0.39 is 0 Å². The lowest BCUT2D eigenvalue weighted by molar-refractivity contribution is 0.354. The van der Waals surface area contributed by atoms with Gasteiger partial charge in [0.2, 0.25) is 0 Å². The van der Waals surface area contributed by atoms with Crippen LogP contribution < -0.4 is 24.4 Å². The number of benzene rings is 3. The molecule has 0 fully saturated rings. The van der Waals surface area contributed by atoms with E-state index in [1.54, 1.807) is 28.4 Å². The van der Waals surface area contributed by atoms with Crippen LogP contribution in [0.1, 0.15) is 54.0 Å². The molecule has 5 rings (SSSR count). The molecule has 0 aromatic heterocycles. The summed E-state index contributed by atoms with van der Waals surface area (Å²) in [5.41, 5.74) is 9.82. The average molecular weight is 527 g/mol. The van der Waals surface area contributed by atoms with Crippen molar-refractivity contribution in [1.29, 1.82) is 0 Å². The van der Waals surface area contributed by atoms with Gasteiger partial charge in [-0.15, -0.1) is 5.10 Å².